The Kier molecular flexibility index (Phi) is 20.5. The number of carbonyl (C=O) groups is 6. The smallest absolute Gasteiger partial charge is 0.309 e. The van der Waals surface area contributed by atoms with Crippen LogP contribution >= 0.6 is 0 Å². The van der Waals surface area contributed by atoms with Crippen LogP contribution in [0.15, 0.2) is 0 Å². The van der Waals surface area contributed by atoms with Crippen molar-refractivity contribution in [3.8, 4) is 0 Å². The number of hydrogen-bond donors (Lipinski definition) is 8. The van der Waals surface area contributed by atoms with Gasteiger partial charge in [-0.05, 0) is 377 Å². The van der Waals surface area contributed by atoms with E-state index in [1.807, 2.05) is 0 Å². The highest BCUT2D eigenvalue weighted by Gasteiger charge is 2.63. The maximum Gasteiger partial charge on any atom is 0.309 e. The number of esters is 4. The highest BCUT2D eigenvalue weighted by atomic mass is 16.6. The summed E-state index contributed by atoms with van der Waals surface area (Å²) in [4.78, 5) is 65.1. The van der Waals surface area contributed by atoms with Gasteiger partial charge in [-0.1, -0.05) is 0 Å². The van der Waals surface area contributed by atoms with Crippen LogP contribution in [-0.4, -0.2) is 148 Å². The highest BCUT2D eigenvalue weighted by molar-refractivity contribution is 5.77. The minimum absolute atomic E-state index is 0.0463. The van der Waals surface area contributed by atoms with E-state index in [1.165, 1.54) is 96.3 Å². The number of aliphatic carboxylic acids is 2. The predicted octanol–water partition coefficient (Wildman–Crippen LogP) is 13.1. The van der Waals surface area contributed by atoms with E-state index in [0.29, 0.717) is 111 Å². The molecule has 33 fully saturated rings. The van der Waals surface area contributed by atoms with Crippen LogP contribution < -0.4 is 0 Å². The van der Waals surface area contributed by atoms with Crippen LogP contribution in [0.25, 0.3) is 0 Å². The van der Waals surface area contributed by atoms with Crippen molar-refractivity contribution in [3.05, 3.63) is 0 Å². The third kappa shape index (κ3) is 16.4. The van der Waals surface area contributed by atoms with E-state index in [4.69, 9.17) is 14.2 Å². The van der Waals surface area contributed by atoms with Gasteiger partial charge in [0, 0.05) is 31.6 Å². The van der Waals surface area contributed by atoms with Gasteiger partial charge in [0.2, 0.25) is 0 Å². The number of fused-ring (bicyclic) bond motifs is 2. The molecular formula is C87H130O19. The molecule has 0 radical (unpaired) electrons. The fourth-order valence-electron chi connectivity index (χ4n) is 31.7. The molecule has 30 bridgehead atoms. The maximum absolute atomic E-state index is 11.4. The number of aliphatic hydroxyl groups is 6. The van der Waals surface area contributed by atoms with Crippen LogP contribution in [0.5, 0.6) is 0 Å². The molecule has 33 aliphatic rings. The highest BCUT2D eigenvalue weighted by Crippen LogP contribution is 2.64. The van der Waals surface area contributed by atoms with Gasteiger partial charge in [0.05, 0.1) is 81.7 Å². The number of hydrogen-bond acceptors (Lipinski definition) is 17. The molecule has 7 aliphatic heterocycles. The van der Waals surface area contributed by atoms with E-state index in [-0.39, 0.29) is 46.9 Å². The monoisotopic (exact) mass is 1480 g/mol. The molecule has 0 aromatic heterocycles. The van der Waals surface area contributed by atoms with E-state index in [9.17, 15) is 69.6 Å². The van der Waals surface area contributed by atoms with Crippen molar-refractivity contribution in [1.29, 1.82) is 0 Å². The van der Waals surface area contributed by atoms with Crippen molar-refractivity contribution in [2.24, 2.45) is 129 Å². The lowest BCUT2D eigenvalue weighted by Gasteiger charge is -2.58. The molecule has 19 nitrogen and oxygen atoms in total. The summed E-state index contributed by atoms with van der Waals surface area (Å²) >= 11 is 0. The molecule has 26 saturated carbocycles. The molecule has 7 heterocycles. The lowest BCUT2D eigenvalue weighted by Crippen LogP contribution is -2.58. The number of ether oxygens (including phenoxy) is 5. The second kappa shape index (κ2) is 28.9. The SMILES string of the molecule is C1C2CC3CC1CC(C2)O3.O=C(O)C12CC3CC(CC(C3)C1)C2.O=C(O)C12CC3CC(CC(O)(C3)C1)C2.O=C1CCCO1.O=C1CCCO1.O=C1OC2CC3CC(C2)CC1C3.O=C1OC2CC3CC1C2C3.OC12CC3CC(C1)CC(O)(C3)C2.OC12CC3CC(C1)CC(O)(C3)C2.OC12CC3CC(CC(C3)C1)C2. The molecule has 7 saturated heterocycles. The molecule has 0 aromatic rings. The van der Waals surface area contributed by atoms with Crippen molar-refractivity contribution >= 4 is 35.8 Å². The average Bonchev–Trinajstić information content (AvgIpc) is 1.02. The molecule has 592 valence electrons. The van der Waals surface area contributed by atoms with Gasteiger partial charge in [-0.2, -0.15) is 0 Å². The minimum atomic E-state index is -0.676. The third-order valence-corrected chi connectivity index (χ3v) is 33.0. The van der Waals surface area contributed by atoms with Crippen LogP contribution in [0.4, 0.5) is 0 Å². The Morgan fingerprint density at radius 1 is 0.302 bits per heavy atom. The van der Waals surface area contributed by atoms with Crippen molar-refractivity contribution in [1.82, 2.24) is 0 Å². The Hall–Kier alpha value is -3.46. The summed E-state index contributed by atoms with van der Waals surface area (Å²) in [7, 11) is 0. The number of rotatable bonds is 2. The number of carboxylic acids is 2. The standard InChI is InChI=1S/C11H16O3.C11H16O2.2C10H16O2.C10H14O2.C10H16O.C9H14O.C8H10O2.2C4H6O2/c12-9(13)10-2-7-1-8(3-10)5-11(14,4-7)6-10;12-10(13)11-4-7-1-8(5-11)3-9(2-7)6-11;2*11-9-2-7-1-8(4-9)5-10(12,3-7)6-9;11-10-8-2-6-1-7(3-8)5-9(4-6)12-10;11-10-4-7-1-8(5-10)3-9(2-7)6-10;1-6-2-8-4-7(1)5-9(3-6)10-8;9-8-6-2-4-1-5(6)7(3-4)10-8;2*5-4-2-1-3-6-4/h7-8,14H,1-6H2,(H,12,13);7-9H,1-6H2,(H,12,13);2*7-8,11-12H,1-6H2;6-9H,1-5H2;7-9,11H,1-6H2;6-9H,1-5H2;4-7H,1-3H2;2*1-3H2. The lowest BCUT2D eigenvalue weighted by molar-refractivity contribution is -0.199. The Balaban J connectivity index is 0.0000000874. The van der Waals surface area contributed by atoms with Gasteiger partial charge in [0.25, 0.3) is 0 Å². The van der Waals surface area contributed by atoms with Gasteiger partial charge in [0.15, 0.2) is 0 Å². The molecule has 8 unspecified atom stereocenters. The summed E-state index contributed by atoms with van der Waals surface area (Å²) in [5.41, 5.74) is -3.64. The molecule has 0 spiro atoms. The van der Waals surface area contributed by atoms with E-state index in [0.717, 1.165) is 238 Å². The van der Waals surface area contributed by atoms with Crippen LogP contribution in [0, 0.1) is 129 Å². The lowest BCUT2D eigenvalue weighted by atomic mass is 9.48. The topological polar surface area (TPSA) is 310 Å². The number of cyclic esters (lactones) is 2. The average molecular weight is 1480 g/mol. The van der Waals surface area contributed by atoms with Crippen LogP contribution in [0.1, 0.15) is 302 Å². The molecule has 8 N–H and O–H groups in total. The molecule has 19 heteroatoms. The minimum Gasteiger partial charge on any atom is -0.481 e. The number of carbonyl (C=O) groups excluding carboxylic acids is 4. The third-order valence-electron chi connectivity index (χ3n) is 33.0. The van der Waals surface area contributed by atoms with Gasteiger partial charge in [0.1, 0.15) is 12.2 Å². The molecule has 0 aromatic carbocycles. The van der Waals surface area contributed by atoms with Gasteiger partial charge in [-0.25, -0.2) is 0 Å². The fraction of sp³-hybridized carbons (Fsp3) is 0.931. The van der Waals surface area contributed by atoms with Gasteiger partial charge in [-0.3, -0.25) is 28.8 Å². The first-order chi connectivity index (χ1) is 50.4. The Labute approximate surface area is 628 Å². The molecule has 0 amide bonds. The van der Waals surface area contributed by atoms with E-state index in [1.54, 1.807) is 0 Å². The van der Waals surface area contributed by atoms with E-state index < -0.39 is 45.4 Å². The summed E-state index contributed by atoms with van der Waals surface area (Å²) in [6.07, 6.45) is 52.5. The molecular weight excluding hydrogens is 1350 g/mol. The normalized spacial score (nSPS) is 52.9. The fourth-order valence-corrected chi connectivity index (χ4v) is 31.7. The second-order valence-corrected chi connectivity index (χ2v) is 42.7. The van der Waals surface area contributed by atoms with Crippen LogP contribution in [0.3, 0.4) is 0 Å². The maximum atomic E-state index is 11.4. The Morgan fingerprint density at radius 3 is 0.925 bits per heavy atom. The molecule has 26 aliphatic carbocycles. The van der Waals surface area contributed by atoms with Crippen molar-refractivity contribution in [2.75, 3.05) is 13.2 Å². The van der Waals surface area contributed by atoms with Crippen molar-refractivity contribution in [2.45, 2.75) is 360 Å². The van der Waals surface area contributed by atoms with Crippen LogP contribution in [-0.2, 0) is 52.5 Å². The summed E-state index contributed by atoms with van der Waals surface area (Å²) < 4.78 is 25.4. The second-order valence-electron chi connectivity index (χ2n) is 42.7. The quantitative estimate of drug-likeness (QED) is 0.0941. The largest absolute Gasteiger partial charge is 0.481 e. The zero-order valence-electron chi connectivity index (χ0n) is 63.6. The van der Waals surface area contributed by atoms with Gasteiger partial charge >= 0.3 is 35.8 Å². The summed E-state index contributed by atoms with van der Waals surface area (Å²) in [5, 5.41) is 79.3. The summed E-state index contributed by atoms with van der Waals surface area (Å²) in [6.45, 7) is 1.28. The predicted molar refractivity (Wildman–Crippen MR) is 387 cm³/mol. The van der Waals surface area contributed by atoms with Crippen LogP contribution in [0.2, 0.25) is 0 Å². The first-order valence-corrected chi connectivity index (χ1v) is 43.6. The molecule has 106 heavy (non-hydrogen) atoms. The van der Waals surface area contributed by atoms with E-state index in [2.05, 4.69) is 9.47 Å². The number of carboxylic acid groups (broad SMARTS) is 2. The zero-order valence-corrected chi connectivity index (χ0v) is 63.6. The molecule has 33 rings (SSSR count). The first kappa shape index (κ1) is 75.2. The summed E-state index contributed by atoms with van der Waals surface area (Å²) in [5.74, 6) is 13.0. The molecule has 8 atom stereocenters. The van der Waals surface area contributed by atoms with Crippen molar-refractivity contribution in [3.63, 3.8) is 0 Å². The Morgan fingerprint density at radius 2 is 0.623 bits per heavy atom. The summed E-state index contributed by atoms with van der Waals surface area (Å²) in [6, 6.07) is 0. The van der Waals surface area contributed by atoms with Crippen molar-refractivity contribution < 1.29 is 93.3 Å². The Bertz CT molecular complexity index is 2960. The van der Waals surface area contributed by atoms with E-state index >= 15 is 0 Å². The first-order valence-electron chi connectivity index (χ1n) is 43.6. The van der Waals surface area contributed by atoms with Gasteiger partial charge < -0.3 is 64.5 Å². The van der Waals surface area contributed by atoms with Gasteiger partial charge in [-0.15, -0.1) is 0 Å². The zero-order chi connectivity index (χ0) is 73.5.